The molecule has 2 heteroatoms. The van der Waals surface area contributed by atoms with Crippen LogP contribution in [0.25, 0.3) is 12.2 Å². The fourth-order valence-electron chi connectivity index (χ4n) is 1.11. The van der Waals surface area contributed by atoms with Crippen molar-refractivity contribution in [1.82, 2.24) is 4.98 Å². The molecule has 0 radical (unpaired) electrons. The lowest BCUT2D eigenvalue weighted by Gasteiger charge is -2.03. The maximum atomic E-state index is 4.35. The van der Waals surface area contributed by atoms with Crippen molar-refractivity contribution in [2.45, 2.75) is 6.92 Å². The lowest BCUT2D eigenvalue weighted by atomic mass is 10.2. The second-order valence-electron chi connectivity index (χ2n) is 2.63. The number of hydrogen-bond acceptors (Lipinski definition) is 2. The van der Waals surface area contributed by atoms with Gasteiger partial charge in [0.1, 0.15) is 5.82 Å². The topological polar surface area (TPSA) is 24.9 Å². The van der Waals surface area contributed by atoms with Crippen molar-refractivity contribution in [1.29, 1.82) is 0 Å². The molecule has 1 rings (SSSR count). The van der Waals surface area contributed by atoms with Crippen LogP contribution in [-0.2, 0) is 0 Å². The van der Waals surface area contributed by atoms with E-state index in [0.29, 0.717) is 0 Å². The molecule has 1 aromatic rings. The Kier molecular flexibility index (Phi) is 3.26. The molecule has 1 heterocycles. The van der Waals surface area contributed by atoms with E-state index in [9.17, 15) is 0 Å². The van der Waals surface area contributed by atoms with Crippen LogP contribution in [0.1, 0.15) is 18.2 Å². The van der Waals surface area contributed by atoms with Crippen LogP contribution in [-0.4, -0.2) is 12.0 Å². The van der Waals surface area contributed by atoms with E-state index in [4.69, 9.17) is 0 Å². The molecule has 2 nitrogen and oxygen atoms in total. The largest absolute Gasteiger partial charge is 0.373 e. The van der Waals surface area contributed by atoms with Crippen LogP contribution < -0.4 is 5.32 Å². The van der Waals surface area contributed by atoms with E-state index in [-0.39, 0.29) is 0 Å². The van der Waals surface area contributed by atoms with Gasteiger partial charge in [0.05, 0.1) is 5.69 Å². The zero-order valence-corrected chi connectivity index (χ0v) is 8.04. The van der Waals surface area contributed by atoms with E-state index in [1.807, 2.05) is 38.3 Å². The van der Waals surface area contributed by atoms with Gasteiger partial charge in [0, 0.05) is 7.05 Å². The Morgan fingerprint density at radius 3 is 2.77 bits per heavy atom. The Labute approximate surface area is 79.0 Å². The molecule has 0 fully saturated rings. The van der Waals surface area contributed by atoms with Crippen molar-refractivity contribution in [2.75, 3.05) is 12.4 Å². The molecule has 1 N–H and O–H groups in total. The summed E-state index contributed by atoms with van der Waals surface area (Å²) in [5, 5.41) is 2.99. The quantitative estimate of drug-likeness (QED) is 0.762. The van der Waals surface area contributed by atoms with E-state index in [0.717, 1.165) is 17.1 Å². The minimum atomic E-state index is 0.864. The summed E-state index contributed by atoms with van der Waals surface area (Å²) in [6.07, 6.45) is 5.77. The highest BCUT2D eigenvalue weighted by atomic mass is 15.0. The molecule has 0 aliphatic heterocycles. The summed E-state index contributed by atoms with van der Waals surface area (Å²) in [4.78, 5) is 4.35. The summed E-state index contributed by atoms with van der Waals surface area (Å²) >= 11 is 0. The number of nitrogens with one attached hydrogen (secondary N) is 1. The Balaban J connectivity index is 3.15. The predicted octanol–water partition coefficient (Wildman–Crippen LogP) is 2.80. The average Bonchev–Trinajstić information content (AvgIpc) is 2.19. The van der Waals surface area contributed by atoms with E-state index >= 15 is 0 Å². The Morgan fingerprint density at radius 1 is 1.46 bits per heavy atom. The van der Waals surface area contributed by atoms with Crippen molar-refractivity contribution in [2.24, 2.45) is 0 Å². The second-order valence-corrected chi connectivity index (χ2v) is 2.63. The molecular formula is C11H14N2. The fourth-order valence-corrected chi connectivity index (χ4v) is 1.11. The Bertz CT molecular complexity index is 327. The summed E-state index contributed by atoms with van der Waals surface area (Å²) in [6, 6.07) is 3.97. The molecule has 0 saturated heterocycles. The van der Waals surface area contributed by atoms with Gasteiger partial charge < -0.3 is 5.32 Å². The van der Waals surface area contributed by atoms with Crippen molar-refractivity contribution < 1.29 is 0 Å². The van der Waals surface area contributed by atoms with Gasteiger partial charge in [-0.15, -0.1) is 0 Å². The molecular weight excluding hydrogens is 160 g/mol. The molecule has 0 aliphatic rings. The van der Waals surface area contributed by atoms with Gasteiger partial charge in [0.25, 0.3) is 0 Å². The summed E-state index contributed by atoms with van der Waals surface area (Å²) in [6.45, 7) is 5.71. The molecule has 13 heavy (non-hydrogen) atoms. The van der Waals surface area contributed by atoms with Gasteiger partial charge in [-0.3, -0.25) is 0 Å². The van der Waals surface area contributed by atoms with Gasteiger partial charge in [-0.25, -0.2) is 4.98 Å². The smallest absolute Gasteiger partial charge is 0.126 e. The van der Waals surface area contributed by atoms with Crippen LogP contribution in [0.2, 0.25) is 0 Å². The van der Waals surface area contributed by atoms with Crippen molar-refractivity contribution >= 4 is 18.0 Å². The third kappa shape index (κ3) is 2.18. The monoisotopic (exact) mass is 174 g/mol. The molecule has 0 spiro atoms. The molecule has 68 valence electrons. The second kappa shape index (κ2) is 4.45. The van der Waals surface area contributed by atoms with Gasteiger partial charge >= 0.3 is 0 Å². The standard InChI is InChI=1S/C11H14N2/c1-4-6-9-7-8-11(12-3)13-10(9)5-2/h4-8H,2H2,1,3H3,(H,12,13)/b6-4-. The molecule has 0 atom stereocenters. The number of allylic oxidation sites excluding steroid dienone is 1. The first-order valence-electron chi connectivity index (χ1n) is 4.25. The highest BCUT2D eigenvalue weighted by Crippen LogP contribution is 2.13. The SMILES string of the molecule is C=Cc1nc(NC)ccc1/C=C\C. The van der Waals surface area contributed by atoms with Crippen molar-refractivity contribution in [3.8, 4) is 0 Å². The van der Waals surface area contributed by atoms with Gasteiger partial charge in [-0.1, -0.05) is 18.7 Å². The highest BCUT2D eigenvalue weighted by molar-refractivity contribution is 5.63. The van der Waals surface area contributed by atoms with Gasteiger partial charge in [-0.05, 0) is 30.7 Å². The number of nitrogens with zero attached hydrogens (tertiary/aromatic N) is 1. The van der Waals surface area contributed by atoms with Crippen LogP contribution in [0, 0.1) is 0 Å². The van der Waals surface area contributed by atoms with Crippen molar-refractivity contribution in [3.63, 3.8) is 0 Å². The third-order valence-electron chi connectivity index (χ3n) is 1.75. The number of pyridine rings is 1. The maximum absolute atomic E-state index is 4.35. The predicted molar refractivity (Wildman–Crippen MR) is 58.6 cm³/mol. The van der Waals surface area contributed by atoms with Crippen LogP contribution >= 0.6 is 0 Å². The first-order valence-corrected chi connectivity index (χ1v) is 4.25. The molecule has 0 aromatic carbocycles. The summed E-state index contributed by atoms with van der Waals surface area (Å²) in [5.74, 6) is 0.864. The lowest BCUT2D eigenvalue weighted by molar-refractivity contribution is 1.25. The molecule has 1 aromatic heterocycles. The van der Waals surface area contributed by atoms with Crippen LogP contribution in [0.3, 0.4) is 0 Å². The summed E-state index contributed by atoms with van der Waals surface area (Å²) < 4.78 is 0. The first-order chi connectivity index (χ1) is 6.31. The summed E-state index contributed by atoms with van der Waals surface area (Å²) in [5.41, 5.74) is 2.00. The third-order valence-corrected chi connectivity index (χ3v) is 1.75. The number of anilines is 1. The zero-order chi connectivity index (χ0) is 9.68. The molecule has 0 unspecified atom stereocenters. The Hall–Kier alpha value is -1.57. The van der Waals surface area contributed by atoms with Crippen LogP contribution in [0.15, 0.2) is 24.8 Å². The molecule has 0 bridgehead atoms. The number of rotatable bonds is 3. The molecule has 0 aliphatic carbocycles. The van der Waals surface area contributed by atoms with E-state index in [1.54, 1.807) is 6.08 Å². The Morgan fingerprint density at radius 2 is 2.23 bits per heavy atom. The average molecular weight is 174 g/mol. The first kappa shape index (κ1) is 9.52. The van der Waals surface area contributed by atoms with Gasteiger partial charge in [0.15, 0.2) is 0 Å². The molecule has 0 saturated carbocycles. The number of hydrogen-bond donors (Lipinski definition) is 1. The van der Waals surface area contributed by atoms with Gasteiger partial charge in [0.2, 0.25) is 0 Å². The van der Waals surface area contributed by atoms with E-state index in [1.165, 1.54) is 0 Å². The van der Waals surface area contributed by atoms with Crippen LogP contribution in [0.5, 0.6) is 0 Å². The normalized spacial score (nSPS) is 10.3. The minimum Gasteiger partial charge on any atom is -0.373 e. The van der Waals surface area contributed by atoms with Crippen LogP contribution in [0.4, 0.5) is 5.82 Å². The lowest BCUT2D eigenvalue weighted by Crippen LogP contribution is -1.94. The number of aromatic nitrogens is 1. The molecule has 0 amide bonds. The van der Waals surface area contributed by atoms with Gasteiger partial charge in [-0.2, -0.15) is 0 Å². The fraction of sp³-hybridized carbons (Fsp3) is 0.182. The van der Waals surface area contributed by atoms with E-state index in [2.05, 4.69) is 16.9 Å². The van der Waals surface area contributed by atoms with Crippen molar-refractivity contribution in [3.05, 3.63) is 36.0 Å². The minimum absolute atomic E-state index is 0.864. The van der Waals surface area contributed by atoms with E-state index < -0.39 is 0 Å². The highest BCUT2D eigenvalue weighted by Gasteiger charge is 1.97. The zero-order valence-electron chi connectivity index (χ0n) is 8.04. The maximum Gasteiger partial charge on any atom is 0.126 e. The summed E-state index contributed by atoms with van der Waals surface area (Å²) in [7, 11) is 1.85.